The molecule has 2 rings (SSSR count). The van der Waals surface area contributed by atoms with Crippen molar-refractivity contribution in [2.75, 3.05) is 6.26 Å². The largest absolute Gasteiger partial charge is 0.350 e. The van der Waals surface area contributed by atoms with Crippen LogP contribution in [0.1, 0.15) is 18.5 Å². The molecule has 0 aromatic carbocycles. The van der Waals surface area contributed by atoms with Crippen molar-refractivity contribution in [2.45, 2.75) is 30.6 Å². The first-order valence-electron chi connectivity index (χ1n) is 6.44. The van der Waals surface area contributed by atoms with E-state index < -0.39 is 12.1 Å². The number of nitrogens with zero attached hydrogens (tertiary/aromatic N) is 2. The number of carbonyl (C=O) groups is 3. The van der Waals surface area contributed by atoms with E-state index in [0.717, 1.165) is 10.9 Å². The van der Waals surface area contributed by atoms with Gasteiger partial charge in [-0.1, -0.05) is 11.8 Å². The van der Waals surface area contributed by atoms with E-state index in [2.05, 4.69) is 20.9 Å². The second kappa shape index (κ2) is 6.61. The molecule has 114 valence electrons. The van der Waals surface area contributed by atoms with Crippen LogP contribution in [0.15, 0.2) is 11.4 Å². The van der Waals surface area contributed by atoms with Crippen LogP contribution in [0.25, 0.3) is 0 Å². The summed E-state index contributed by atoms with van der Waals surface area (Å²) in [5, 5.41) is 8.24. The molecule has 21 heavy (non-hydrogen) atoms. The maximum Gasteiger partial charge on any atom is 0.322 e. The highest BCUT2D eigenvalue weighted by Crippen LogP contribution is 2.13. The molecule has 0 saturated carbocycles. The van der Waals surface area contributed by atoms with Crippen LogP contribution in [0.2, 0.25) is 0 Å². The molecule has 4 amide bonds. The van der Waals surface area contributed by atoms with Gasteiger partial charge in [-0.05, 0) is 12.7 Å². The van der Waals surface area contributed by atoms with Crippen LogP contribution in [0.5, 0.6) is 0 Å². The molecule has 1 aliphatic rings. The molecule has 1 atom stereocenters. The van der Waals surface area contributed by atoms with Crippen molar-refractivity contribution in [2.24, 2.45) is 7.05 Å². The second-order valence-electron chi connectivity index (χ2n) is 4.63. The molecule has 2 heterocycles. The quantitative estimate of drug-likeness (QED) is 0.496. The third-order valence-corrected chi connectivity index (χ3v) is 3.95. The summed E-state index contributed by atoms with van der Waals surface area (Å²) in [4.78, 5) is 38.2. The van der Waals surface area contributed by atoms with Crippen molar-refractivity contribution in [1.29, 1.82) is 0 Å². The molecule has 0 bridgehead atoms. The Kier molecular flexibility index (Phi) is 4.84. The van der Waals surface area contributed by atoms with Crippen molar-refractivity contribution in [3.63, 3.8) is 0 Å². The summed E-state index contributed by atoms with van der Waals surface area (Å²) in [5.74, 6) is -0.556. The lowest BCUT2D eigenvalue weighted by atomic mass is 10.1. The Labute approximate surface area is 126 Å². The summed E-state index contributed by atoms with van der Waals surface area (Å²) in [5.41, 5.74) is 0.902. The zero-order valence-electron chi connectivity index (χ0n) is 11.8. The summed E-state index contributed by atoms with van der Waals surface area (Å²) in [7, 11) is 1.89. The SMILES string of the molecule is CSc1ncc(CNC(=O)CC[C@@H]2NC(=O)NC2=O)n1C. The zero-order valence-corrected chi connectivity index (χ0v) is 12.6. The van der Waals surface area contributed by atoms with Gasteiger partial charge >= 0.3 is 6.03 Å². The van der Waals surface area contributed by atoms with E-state index in [-0.39, 0.29) is 24.7 Å². The van der Waals surface area contributed by atoms with Gasteiger partial charge in [0, 0.05) is 13.5 Å². The number of rotatable bonds is 6. The fourth-order valence-electron chi connectivity index (χ4n) is 1.99. The van der Waals surface area contributed by atoms with E-state index in [4.69, 9.17) is 0 Å². The third-order valence-electron chi connectivity index (χ3n) is 3.21. The van der Waals surface area contributed by atoms with Crippen LogP contribution < -0.4 is 16.0 Å². The van der Waals surface area contributed by atoms with Crippen molar-refractivity contribution >= 4 is 29.6 Å². The van der Waals surface area contributed by atoms with E-state index in [1.807, 2.05) is 17.9 Å². The van der Waals surface area contributed by atoms with Gasteiger partial charge in [-0.25, -0.2) is 9.78 Å². The van der Waals surface area contributed by atoms with E-state index >= 15 is 0 Å². The van der Waals surface area contributed by atoms with E-state index in [0.29, 0.717) is 6.54 Å². The predicted molar refractivity (Wildman–Crippen MR) is 76.5 cm³/mol. The standard InChI is InChI=1S/C12H17N5O3S/c1-17-7(6-14-12(17)21-2)5-13-9(18)4-3-8-10(19)16-11(20)15-8/h6,8H,3-5H2,1-2H3,(H,13,18)(H2,15,16,19,20)/t8-/m0/s1. The molecule has 1 saturated heterocycles. The zero-order chi connectivity index (χ0) is 15.4. The molecule has 9 heteroatoms. The Morgan fingerprint density at radius 1 is 1.52 bits per heavy atom. The van der Waals surface area contributed by atoms with Gasteiger partial charge in [0.05, 0.1) is 18.4 Å². The van der Waals surface area contributed by atoms with Crippen molar-refractivity contribution in [1.82, 2.24) is 25.5 Å². The van der Waals surface area contributed by atoms with E-state index in [1.165, 1.54) is 11.8 Å². The number of carbonyl (C=O) groups excluding carboxylic acids is 3. The van der Waals surface area contributed by atoms with Crippen molar-refractivity contribution in [3.05, 3.63) is 11.9 Å². The monoisotopic (exact) mass is 311 g/mol. The highest BCUT2D eigenvalue weighted by atomic mass is 32.2. The number of hydrogen-bond donors (Lipinski definition) is 3. The number of amides is 4. The summed E-state index contributed by atoms with van der Waals surface area (Å²) in [6, 6.07) is -1.13. The first-order chi connectivity index (χ1) is 10.0. The average molecular weight is 311 g/mol. The van der Waals surface area contributed by atoms with Gasteiger partial charge in [0.2, 0.25) is 5.91 Å². The number of nitrogens with one attached hydrogen (secondary N) is 3. The number of imidazole rings is 1. The molecule has 3 N–H and O–H groups in total. The highest BCUT2D eigenvalue weighted by Gasteiger charge is 2.29. The Bertz CT molecular complexity index is 571. The predicted octanol–water partition coefficient (Wildman–Crippen LogP) is -0.254. The number of hydrogen-bond acceptors (Lipinski definition) is 5. The van der Waals surface area contributed by atoms with Crippen LogP contribution in [-0.2, 0) is 23.2 Å². The minimum atomic E-state index is -0.622. The molecule has 0 aliphatic carbocycles. The lowest BCUT2D eigenvalue weighted by Gasteiger charge is -2.08. The average Bonchev–Trinajstić information content (AvgIpc) is 2.96. The van der Waals surface area contributed by atoms with Gasteiger partial charge in [-0.15, -0.1) is 0 Å². The molecule has 0 spiro atoms. The Morgan fingerprint density at radius 3 is 2.86 bits per heavy atom. The topological polar surface area (TPSA) is 105 Å². The van der Waals surface area contributed by atoms with Gasteiger partial charge < -0.3 is 15.2 Å². The minimum Gasteiger partial charge on any atom is -0.350 e. The number of thioether (sulfide) groups is 1. The molecule has 0 unspecified atom stereocenters. The molecule has 1 aliphatic heterocycles. The van der Waals surface area contributed by atoms with Crippen LogP contribution in [-0.4, -0.2) is 39.7 Å². The van der Waals surface area contributed by atoms with Crippen LogP contribution in [0.3, 0.4) is 0 Å². The van der Waals surface area contributed by atoms with Gasteiger partial charge in [0.25, 0.3) is 5.91 Å². The normalized spacial score (nSPS) is 17.5. The maximum absolute atomic E-state index is 11.8. The molecular weight excluding hydrogens is 294 g/mol. The van der Waals surface area contributed by atoms with Crippen LogP contribution in [0.4, 0.5) is 4.79 Å². The summed E-state index contributed by atoms with van der Waals surface area (Å²) >= 11 is 1.53. The Morgan fingerprint density at radius 2 is 2.29 bits per heavy atom. The molecule has 1 aromatic rings. The van der Waals surface area contributed by atoms with Gasteiger partial charge in [0.15, 0.2) is 5.16 Å². The Hall–Kier alpha value is -2.03. The summed E-state index contributed by atoms with van der Waals surface area (Å²) in [6.07, 6.45) is 4.11. The minimum absolute atomic E-state index is 0.171. The molecule has 0 radical (unpaired) electrons. The molecule has 1 fully saturated rings. The smallest absolute Gasteiger partial charge is 0.322 e. The molecular formula is C12H17N5O3S. The maximum atomic E-state index is 11.8. The van der Waals surface area contributed by atoms with Gasteiger partial charge in [-0.2, -0.15) is 0 Å². The van der Waals surface area contributed by atoms with Crippen molar-refractivity contribution in [3.8, 4) is 0 Å². The first-order valence-corrected chi connectivity index (χ1v) is 7.66. The van der Waals surface area contributed by atoms with Gasteiger partial charge in [-0.3, -0.25) is 14.9 Å². The van der Waals surface area contributed by atoms with E-state index in [9.17, 15) is 14.4 Å². The number of aromatic nitrogens is 2. The lowest BCUT2D eigenvalue weighted by molar-refractivity contribution is -0.122. The number of urea groups is 1. The van der Waals surface area contributed by atoms with E-state index in [1.54, 1.807) is 6.20 Å². The van der Waals surface area contributed by atoms with Gasteiger partial charge in [0.1, 0.15) is 6.04 Å². The first kappa shape index (κ1) is 15.4. The van der Waals surface area contributed by atoms with Crippen molar-refractivity contribution < 1.29 is 14.4 Å². The fraction of sp³-hybridized carbons (Fsp3) is 0.500. The summed E-state index contributed by atoms with van der Waals surface area (Å²) < 4.78 is 1.91. The second-order valence-corrected chi connectivity index (χ2v) is 5.40. The molecule has 1 aromatic heterocycles. The van der Waals surface area contributed by atoms with Crippen LogP contribution >= 0.6 is 11.8 Å². The lowest BCUT2D eigenvalue weighted by Crippen LogP contribution is -2.31. The van der Waals surface area contributed by atoms with Crippen LogP contribution in [0, 0.1) is 0 Å². The third kappa shape index (κ3) is 3.75. The highest BCUT2D eigenvalue weighted by molar-refractivity contribution is 7.98. The molecule has 8 nitrogen and oxygen atoms in total. The number of imide groups is 1. The Balaban J connectivity index is 1.76. The summed E-state index contributed by atoms with van der Waals surface area (Å²) in [6.45, 7) is 0.381. The fourth-order valence-corrected chi connectivity index (χ4v) is 2.54.